The summed E-state index contributed by atoms with van der Waals surface area (Å²) in [5.74, 6) is 0.575. The average molecular weight is 434 g/mol. The number of nitrogens with one attached hydrogen (secondary N) is 1. The van der Waals surface area contributed by atoms with Crippen LogP contribution in [0.1, 0.15) is 45.9 Å². The van der Waals surface area contributed by atoms with E-state index in [0.717, 1.165) is 25.2 Å². The lowest BCUT2D eigenvalue weighted by Crippen LogP contribution is -2.33. The SMILES string of the molecule is CSc1ccc(C(=O)NCc2cccc(C3CCN(Cc4cccn4C)CC3)c2)cc1. The van der Waals surface area contributed by atoms with Crippen molar-refractivity contribution in [1.29, 1.82) is 0 Å². The van der Waals surface area contributed by atoms with Gasteiger partial charge in [-0.15, -0.1) is 11.8 Å². The van der Waals surface area contributed by atoms with E-state index in [1.807, 2.05) is 30.5 Å². The molecule has 0 saturated carbocycles. The highest BCUT2D eigenvalue weighted by Crippen LogP contribution is 2.29. The fourth-order valence-electron chi connectivity index (χ4n) is 4.30. The van der Waals surface area contributed by atoms with Gasteiger partial charge in [-0.2, -0.15) is 0 Å². The molecule has 2 aromatic carbocycles. The van der Waals surface area contributed by atoms with Crippen LogP contribution in [0.2, 0.25) is 0 Å². The Kier molecular flexibility index (Phi) is 7.15. The first-order valence-corrected chi connectivity index (χ1v) is 12.2. The highest BCUT2D eigenvalue weighted by atomic mass is 32.2. The maximum atomic E-state index is 12.5. The van der Waals surface area contributed by atoms with Crippen LogP contribution >= 0.6 is 11.8 Å². The monoisotopic (exact) mass is 433 g/mol. The smallest absolute Gasteiger partial charge is 0.251 e. The standard InChI is InChI=1S/C26H31N3OS/c1-28-14-4-7-24(28)19-29-15-12-21(13-16-29)23-6-3-5-20(17-23)18-27-26(30)22-8-10-25(31-2)11-9-22/h3-11,14,17,21H,12-13,15-16,18-19H2,1-2H3,(H,27,30). The van der Waals surface area contributed by atoms with Crippen molar-refractivity contribution in [1.82, 2.24) is 14.8 Å². The Bertz CT molecular complexity index is 1000. The van der Waals surface area contributed by atoms with Crippen molar-refractivity contribution in [2.24, 2.45) is 7.05 Å². The molecule has 1 amide bonds. The van der Waals surface area contributed by atoms with E-state index in [0.29, 0.717) is 18.0 Å². The van der Waals surface area contributed by atoms with Gasteiger partial charge in [0.2, 0.25) is 0 Å². The number of aryl methyl sites for hydroxylation is 1. The normalized spacial score (nSPS) is 15.2. The molecule has 2 heterocycles. The number of thioether (sulfide) groups is 1. The summed E-state index contributed by atoms with van der Waals surface area (Å²) in [5.41, 5.74) is 4.64. The van der Waals surface area contributed by atoms with Gasteiger partial charge in [0.05, 0.1) is 0 Å². The molecule has 0 aliphatic carbocycles. The number of amides is 1. The van der Waals surface area contributed by atoms with Crippen LogP contribution in [0.4, 0.5) is 0 Å². The minimum atomic E-state index is -0.0213. The Balaban J connectivity index is 1.30. The summed E-state index contributed by atoms with van der Waals surface area (Å²) in [6.45, 7) is 3.84. The molecule has 0 unspecified atom stereocenters. The number of hydrogen-bond acceptors (Lipinski definition) is 3. The van der Waals surface area contributed by atoms with E-state index in [1.54, 1.807) is 11.8 Å². The van der Waals surface area contributed by atoms with Gasteiger partial charge in [0.25, 0.3) is 5.91 Å². The Morgan fingerprint density at radius 2 is 1.84 bits per heavy atom. The van der Waals surface area contributed by atoms with Crippen LogP contribution in [0.15, 0.2) is 71.8 Å². The number of benzene rings is 2. The zero-order valence-corrected chi connectivity index (χ0v) is 19.2. The predicted octanol–water partition coefficient (Wildman–Crippen LogP) is 5.06. The van der Waals surface area contributed by atoms with E-state index >= 15 is 0 Å². The molecule has 1 saturated heterocycles. The van der Waals surface area contributed by atoms with E-state index in [1.165, 1.54) is 29.0 Å². The topological polar surface area (TPSA) is 37.3 Å². The van der Waals surface area contributed by atoms with Crippen molar-refractivity contribution in [3.8, 4) is 0 Å². The summed E-state index contributed by atoms with van der Waals surface area (Å²) in [6.07, 6.45) is 6.52. The van der Waals surface area contributed by atoms with Crippen LogP contribution in [-0.2, 0) is 20.1 Å². The Morgan fingerprint density at radius 1 is 1.06 bits per heavy atom. The van der Waals surface area contributed by atoms with E-state index in [2.05, 4.69) is 64.4 Å². The number of aromatic nitrogens is 1. The molecule has 0 spiro atoms. The number of piperidine rings is 1. The third kappa shape index (κ3) is 5.60. The summed E-state index contributed by atoms with van der Waals surface area (Å²) in [6, 6.07) is 20.8. The van der Waals surface area contributed by atoms with E-state index in [4.69, 9.17) is 0 Å². The first-order valence-electron chi connectivity index (χ1n) is 11.0. The van der Waals surface area contributed by atoms with Crippen LogP contribution in [0.25, 0.3) is 0 Å². The van der Waals surface area contributed by atoms with Crippen molar-refractivity contribution < 1.29 is 4.79 Å². The average Bonchev–Trinajstić information content (AvgIpc) is 3.22. The van der Waals surface area contributed by atoms with Gasteiger partial charge in [0, 0.05) is 42.5 Å². The Morgan fingerprint density at radius 3 is 2.52 bits per heavy atom. The lowest BCUT2D eigenvalue weighted by Gasteiger charge is -2.32. The summed E-state index contributed by atoms with van der Waals surface area (Å²) in [5, 5.41) is 3.06. The van der Waals surface area contributed by atoms with Crippen molar-refractivity contribution in [3.63, 3.8) is 0 Å². The van der Waals surface area contributed by atoms with Crippen LogP contribution < -0.4 is 5.32 Å². The summed E-state index contributed by atoms with van der Waals surface area (Å²) in [4.78, 5) is 16.2. The van der Waals surface area contributed by atoms with Gasteiger partial charge in [-0.1, -0.05) is 24.3 Å². The van der Waals surface area contributed by atoms with Crippen LogP contribution in [0.3, 0.4) is 0 Å². The molecule has 5 heteroatoms. The van der Waals surface area contributed by atoms with Crippen molar-refractivity contribution in [2.45, 2.75) is 36.7 Å². The first kappa shape index (κ1) is 21.7. The minimum absolute atomic E-state index is 0.0213. The maximum Gasteiger partial charge on any atom is 0.251 e. The predicted molar refractivity (Wildman–Crippen MR) is 129 cm³/mol. The molecule has 1 fully saturated rings. The van der Waals surface area contributed by atoms with Gasteiger partial charge in [0.1, 0.15) is 0 Å². The molecule has 0 bridgehead atoms. The third-order valence-corrected chi connectivity index (χ3v) is 7.00. The first-order chi connectivity index (χ1) is 15.1. The highest BCUT2D eigenvalue weighted by molar-refractivity contribution is 7.98. The second-order valence-corrected chi connectivity index (χ2v) is 9.20. The number of carbonyl (C=O) groups is 1. The third-order valence-electron chi connectivity index (χ3n) is 6.25. The summed E-state index contributed by atoms with van der Waals surface area (Å²) >= 11 is 1.68. The molecule has 3 aromatic rings. The zero-order valence-electron chi connectivity index (χ0n) is 18.4. The quantitative estimate of drug-likeness (QED) is 0.530. The lowest BCUT2D eigenvalue weighted by molar-refractivity contribution is 0.0951. The zero-order chi connectivity index (χ0) is 21.6. The molecule has 1 aromatic heterocycles. The van der Waals surface area contributed by atoms with Gasteiger partial charge in [-0.3, -0.25) is 9.69 Å². The van der Waals surface area contributed by atoms with E-state index < -0.39 is 0 Å². The molecule has 1 aliphatic rings. The molecule has 4 rings (SSSR count). The molecule has 162 valence electrons. The molecular formula is C26H31N3OS. The summed E-state index contributed by atoms with van der Waals surface area (Å²) in [7, 11) is 2.12. The Hall–Kier alpha value is -2.50. The van der Waals surface area contributed by atoms with Crippen molar-refractivity contribution in [3.05, 3.63) is 89.2 Å². The number of hydrogen-bond donors (Lipinski definition) is 1. The van der Waals surface area contributed by atoms with E-state index in [-0.39, 0.29) is 5.91 Å². The van der Waals surface area contributed by atoms with Crippen LogP contribution in [0, 0.1) is 0 Å². The van der Waals surface area contributed by atoms with Crippen LogP contribution in [0.5, 0.6) is 0 Å². The second-order valence-electron chi connectivity index (χ2n) is 8.32. The largest absolute Gasteiger partial charge is 0.353 e. The molecule has 1 N–H and O–H groups in total. The second kappa shape index (κ2) is 10.2. The van der Waals surface area contributed by atoms with Gasteiger partial charge in [-0.05, 0) is 85.6 Å². The lowest BCUT2D eigenvalue weighted by atomic mass is 9.88. The fraction of sp³-hybridized carbons (Fsp3) is 0.346. The number of nitrogens with zero attached hydrogens (tertiary/aromatic N) is 2. The number of carbonyl (C=O) groups excluding carboxylic acids is 1. The molecule has 31 heavy (non-hydrogen) atoms. The van der Waals surface area contributed by atoms with Crippen molar-refractivity contribution in [2.75, 3.05) is 19.3 Å². The van der Waals surface area contributed by atoms with E-state index in [9.17, 15) is 4.79 Å². The summed E-state index contributed by atoms with van der Waals surface area (Å²) < 4.78 is 2.21. The molecule has 4 nitrogen and oxygen atoms in total. The molecular weight excluding hydrogens is 402 g/mol. The fourth-order valence-corrected chi connectivity index (χ4v) is 4.71. The van der Waals surface area contributed by atoms with Crippen molar-refractivity contribution >= 4 is 17.7 Å². The van der Waals surface area contributed by atoms with Gasteiger partial charge >= 0.3 is 0 Å². The molecule has 0 radical (unpaired) electrons. The molecule has 1 aliphatic heterocycles. The van der Waals surface area contributed by atoms with Crippen LogP contribution in [-0.4, -0.2) is 34.7 Å². The number of likely N-dealkylation sites (tertiary alicyclic amines) is 1. The maximum absolute atomic E-state index is 12.5. The Labute approximate surface area is 189 Å². The number of rotatable bonds is 7. The van der Waals surface area contributed by atoms with Gasteiger partial charge in [-0.25, -0.2) is 0 Å². The van der Waals surface area contributed by atoms with Gasteiger partial charge in [0.15, 0.2) is 0 Å². The molecule has 0 atom stereocenters. The minimum Gasteiger partial charge on any atom is -0.353 e. The van der Waals surface area contributed by atoms with Gasteiger partial charge < -0.3 is 9.88 Å². The highest BCUT2D eigenvalue weighted by Gasteiger charge is 2.21.